The van der Waals surface area contributed by atoms with E-state index in [0.717, 1.165) is 11.6 Å². The first-order valence-electron chi connectivity index (χ1n) is 8.17. The van der Waals surface area contributed by atoms with Crippen molar-refractivity contribution in [3.05, 3.63) is 63.7 Å². The maximum absolute atomic E-state index is 11.9. The fourth-order valence-corrected chi connectivity index (χ4v) is 3.37. The van der Waals surface area contributed by atoms with Gasteiger partial charge in [0.05, 0.1) is 9.82 Å². The van der Waals surface area contributed by atoms with Crippen LogP contribution in [0.3, 0.4) is 0 Å². The molecule has 8 heteroatoms. The topological polar surface area (TPSA) is 92.6 Å². The van der Waals surface area contributed by atoms with Crippen LogP contribution in [0.25, 0.3) is 0 Å². The number of nitrogens with zero attached hydrogens (tertiary/aromatic N) is 2. The van der Waals surface area contributed by atoms with Crippen LogP contribution >= 0.6 is 0 Å². The van der Waals surface area contributed by atoms with Gasteiger partial charge in [-0.3, -0.25) is 10.1 Å². The van der Waals surface area contributed by atoms with Gasteiger partial charge in [0.2, 0.25) is 10.0 Å². The number of hydrogen-bond donors (Lipinski definition) is 1. The highest BCUT2D eigenvalue weighted by Gasteiger charge is 2.22. The van der Waals surface area contributed by atoms with Crippen LogP contribution in [0.2, 0.25) is 0 Å². The molecule has 0 atom stereocenters. The fourth-order valence-electron chi connectivity index (χ4n) is 2.62. The Morgan fingerprint density at radius 2 is 1.77 bits per heavy atom. The zero-order valence-electron chi connectivity index (χ0n) is 15.3. The van der Waals surface area contributed by atoms with Gasteiger partial charge in [-0.1, -0.05) is 38.1 Å². The minimum absolute atomic E-state index is 0.134. The molecule has 140 valence electrons. The second-order valence-electron chi connectivity index (χ2n) is 6.37. The van der Waals surface area contributed by atoms with E-state index in [2.05, 4.69) is 18.6 Å². The summed E-state index contributed by atoms with van der Waals surface area (Å²) in [6.45, 7) is 4.70. The zero-order chi connectivity index (χ0) is 19.5. The van der Waals surface area contributed by atoms with Crippen LogP contribution in [0.1, 0.15) is 30.9 Å². The summed E-state index contributed by atoms with van der Waals surface area (Å²) in [6.07, 6.45) is 0. The molecule has 0 aromatic heterocycles. The molecule has 0 unspecified atom stereocenters. The Bertz CT molecular complexity index is 893. The molecule has 0 saturated carbocycles. The third-order valence-corrected chi connectivity index (χ3v) is 5.61. The predicted molar refractivity (Wildman–Crippen MR) is 102 cm³/mol. The predicted octanol–water partition coefficient (Wildman–Crippen LogP) is 3.26. The SMILES string of the molecule is CNS(=O)(=O)c1ccc(N(C)Cc2ccc(C(C)C)cc2)c([N+](=O)[O-])c1. The lowest BCUT2D eigenvalue weighted by atomic mass is 10.0. The maximum atomic E-state index is 11.9. The summed E-state index contributed by atoms with van der Waals surface area (Å²) in [4.78, 5) is 12.5. The zero-order valence-corrected chi connectivity index (χ0v) is 16.1. The standard InChI is InChI=1S/C18H23N3O4S/c1-13(2)15-7-5-14(6-8-15)12-20(4)17-10-9-16(26(24,25)19-3)11-18(17)21(22)23/h5-11,13,19H,12H2,1-4H3. The Hall–Kier alpha value is -2.45. The highest BCUT2D eigenvalue weighted by Crippen LogP contribution is 2.31. The van der Waals surface area contributed by atoms with E-state index < -0.39 is 14.9 Å². The molecule has 0 heterocycles. The Balaban J connectivity index is 2.33. The molecular weight excluding hydrogens is 354 g/mol. The second kappa shape index (κ2) is 7.84. The smallest absolute Gasteiger partial charge is 0.293 e. The number of sulfonamides is 1. The molecule has 0 aliphatic rings. The molecule has 0 aliphatic carbocycles. The van der Waals surface area contributed by atoms with Gasteiger partial charge in [-0.15, -0.1) is 0 Å². The Morgan fingerprint density at radius 1 is 1.15 bits per heavy atom. The molecule has 0 spiro atoms. The molecule has 0 amide bonds. The van der Waals surface area contributed by atoms with Gasteiger partial charge in [0.1, 0.15) is 5.69 Å². The van der Waals surface area contributed by atoms with Crippen molar-refractivity contribution < 1.29 is 13.3 Å². The lowest BCUT2D eigenvalue weighted by Crippen LogP contribution is -2.20. The molecule has 0 aliphatic heterocycles. The van der Waals surface area contributed by atoms with Crippen LogP contribution in [-0.2, 0) is 16.6 Å². The Morgan fingerprint density at radius 3 is 2.27 bits per heavy atom. The molecule has 0 saturated heterocycles. The van der Waals surface area contributed by atoms with Gasteiger partial charge in [-0.25, -0.2) is 13.1 Å². The van der Waals surface area contributed by atoms with Gasteiger partial charge in [0, 0.05) is 19.7 Å². The molecule has 7 nitrogen and oxygen atoms in total. The van der Waals surface area contributed by atoms with Crippen LogP contribution in [0.4, 0.5) is 11.4 Å². The van der Waals surface area contributed by atoms with Gasteiger partial charge in [0.25, 0.3) is 5.69 Å². The molecular formula is C18H23N3O4S. The minimum atomic E-state index is -3.74. The van der Waals surface area contributed by atoms with Crippen LogP contribution in [-0.4, -0.2) is 27.4 Å². The molecule has 2 rings (SSSR count). The summed E-state index contributed by atoms with van der Waals surface area (Å²) in [5, 5.41) is 11.4. The summed E-state index contributed by atoms with van der Waals surface area (Å²) < 4.78 is 25.9. The van der Waals surface area contributed by atoms with Crippen molar-refractivity contribution >= 4 is 21.4 Å². The average Bonchev–Trinajstić information content (AvgIpc) is 2.61. The third-order valence-electron chi connectivity index (χ3n) is 4.20. The van der Waals surface area contributed by atoms with Gasteiger partial charge >= 0.3 is 0 Å². The van der Waals surface area contributed by atoms with Gasteiger partial charge < -0.3 is 4.90 Å². The third kappa shape index (κ3) is 4.39. The van der Waals surface area contributed by atoms with E-state index in [1.165, 1.54) is 24.7 Å². The highest BCUT2D eigenvalue weighted by molar-refractivity contribution is 7.89. The summed E-state index contributed by atoms with van der Waals surface area (Å²) >= 11 is 0. The minimum Gasteiger partial charge on any atom is -0.365 e. The van der Waals surface area contributed by atoms with Crippen LogP contribution in [0.15, 0.2) is 47.4 Å². The molecule has 1 N–H and O–H groups in total. The monoisotopic (exact) mass is 377 g/mol. The fraction of sp³-hybridized carbons (Fsp3) is 0.333. The molecule has 26 heavy (non-hydrogen) atoms. The normalized spacial score (nSPS) is 11.6. The number of nitro groups is 1. The largest absolute Gasteiger partial charge is 0.365 e. The molecule has 0 radical (unpaired) electrons. The highest BCUT2D eigenvalue weighted by atomic mass is 32.2. The number of hydrogen-bond acceptors (Lipinski definition) is 5. The average molecular weight is 377 g/mol. The van der Waals surface area contributed by atoms with Gasteiger partial charge in [-0.2, -0.15) is 0 Å². The van der Waals surface area contributed by atoms with Crippen molar-refractivity contribution in [2.75, 3.05) is 19.0 Å². The van der Waals surface area contributed by atoms with E-state index in [1.807, 2.05) is 24.3 Å². The number of nitro benzene ring substituents is 1. The van der Waals surface area contributed by atoms with Crippen molar-refractivity contribution in [1.29, 1.82) is 0 Å². The van der Waals surface area contributed by atoms with E-state index in [9.17, 15) is 18.5 Å². The number of anilines is 1. The van der Waals surface area contributed by atoms with E-state index in [-0.39, 0.29) is 10.6 Å². The van der Waals surface area contributed by atoms with Crippen molar-refractivity contribution in [3.63, 3.8) is 0 Å². The molecule has 0 fully saturated rings. The van der Waals surface area contributed by atoms with Gasteiger partial charge in [0.15, 0.2) is 0 Å². The van der Waals surface area contributed by atoms with Crippen molar-refractivity contribution in [1.82, 2.24) is 4.72 Å². The first kappa shape index (κ1) is 19.9. The second-order valence-corrected chi connectivity index (χ2v) is 8.25. The summed E-state index contributed by atoms with van der Waals surface area (Å²) in [6, 6.07) is 12.0. The summed E-state index contributed by atoms with van der Waals surface area (Å²) in [5.74, 6) is 0.435. The van der Waals surface area contributed by atoms with Crippen LogP contribution < -0.4 is 9.62 Å². The Labute approximate surface area is 153 Å². The lowest BCUT2D eigenvalue weighted by Gasteiger charge is -2.20. The summed E-state index contributed by atoms with van der Waals surface area (Å²) in [7, 11) is -0.735. The summed E-state index contributed by atoms with van der Waals surface area (Å²) in [5.41, 5.74) is 2.35. The number of rotatable bonds is 7. The lowest BCUT2D eigenvalue weighted by molar-refractivity contribution is -0.384. The number of nitrogens with one attached hydrogen (secondary N) is 1. The van der Waals surface area contributed by atoms with E-state index in [1.54, 1.807) is 11.9 Å². The molecule has 2 aromatic rings. The molecule has 2 aromatic carbocycles. The van der Waals surface area contributed by atoms with Crippen molar-refractivity contribution in [2.45, 2.75) is 31.2 Å². The molecule has 0 bridgehead atoms. The number of benzene rings is 2. The maximum Gasteiger partial charge on any atom is 0.293 e. The van der Waals surface area contributed by atoms with Crippen molar-refractivity contribution in [2.24, 2.45) is 0 Å². The van der Waals surface area contributed by atoms with Gasteiger partial charge in [-0.05, 0) is 36.2 Å². The van der Waals surface area contributed by atoms with Crippen LogP contribution in [0.5, 0.6) is 0 Å². The first-order chi connectivity index (χ1) is 12.2. The van der Waals surface area contributed by atoms with E-state index in [4.69, 9.17) is 0 Å². The van der Waals surface area contributed by atoms with E-state index in [0.29, 0.717) is 18.2 Å². The van der Waals surface area contributed by atoms with Crippen LogP contribution in [0, 0.1) is 10.1 Å². The first-order valence-corrected chi connectivity index (χ1v) is 9.66. The Kier molecular flexibility index (Phi) is 5.99. The van der Waals surface area contributed by atoms with Crippen molar-refractivity contribution in [3.8, 4) is 0 Å². The quantitative estimate of drug-likeness (QED) is 0.590. The van der Waals surface area contributed by atoms with E-state index >= 15 is 0 Å².